The molecule has 1 N–H and O–H groups in total. The monoisotopic (exact) mass is 361 g/mol. The summed E-state index contributed by atoms with van der Waals surface area (Å²) in [5.74, 6) is 0.639. The lowest BCUT2D eigenvalue weighted by atomic mass is 10.0. The molecule has 1 aliphatic rings. The maximum atomic E-state index is 9.93. The molecule has 0 unspecified atom stereocenters. The van der Waals surface area contributed by atoms with Gasteiger partial charge >= 0.3 is 0 Å². The number of aryl methyl sites for hydroxylation is 2. The summed E-state index contributed by atoms with van der Waals surface area (Å²) in [5.41, 5.74) is 5.42. The predicted octanol–water partition coefficient (Wildman–Crippen LogP) is 3.67. The first-order valence-electron chi connectivity index (χ1n) is 9.18. The zero-order valence-electron chi connectivity index (χ0n) is 15.6. The minimum atomic E-state index is 0.151. The van der Waals surface area contributed by atoms with Crippen LogP contribution in [0.2, 0.25) is 0 Å². The summed E-state index contributed by atoms with van der Waals surface area (Å²) in [6.45, 7) is 5.81. The van der Waals surface area contributed by atoms with Crippen molar-refractivity contribution in [3.05, 3.63) is 65.4 Å². The van der Waals surface area contributed by atoms with E-state index in [1.165, 1.54) is 5.57 Å². The molecule has 0 radical (unpaired) electrons. The summed E-state index contributed by atoms with van der Waals surface area (Å²) < 4.78 is 1.63. The van der Waals surface area contributed by atoms with Crippen molar-refractivity contribution in [3.63, 3.8) is 0 Å². The average molecular weight is 361 g/mol. The van der Waals surface area contributed by atoms with Gasteiger partial charge in [-0.15, -0.1) is 0 Å². The van der Waals surface area contributed by atoms with Crippen molar-refractivity contribution in [2.75, 3.05) is 18.0 Å². The average Bonchev–Trinajstić information content (AvgIpc) is 3.01. The fourth-order valence-corrected chi connectivity index (χ4v) is 3.43. The summed E-state index contributed by atoms with van der Waals surface area (Å²) in [6.07, 6.45) is 7.89. The van der Waals surface area contributed by atoms with E-state index in [2.05, 4.69) is 32.0 Å². The standard InChI is InChI=1S/C21H23N5O/c1-15-4-3-5-18(24-15)12-17-8-10-25(11-9-17)19-13-22-21(23-14-19)26-16(2)6-7-20(26)27/h3-7,12-14,27H,8-11H2,1-2H3. The second kappa shape index (κ2) is 7.23. The van der Waals surface area contributed by atoms with E-state index in [9.17, 15) is 5.11 Å². The van der Waals surface area contributed by atoms with Gasteiger partial charge < -0.3 is 10.0 Å². The lowest BCUT2D eigenvalue weighted by Crippen LogP contribution is -2.30. The molecule has 6 nitrogen and oxygen atoms in total. The van der Waals surface area contributed by atoms with Crippen LogP contribution in [0.5, 0.6) is 5.88 Å². The molecule has 0 amide bonds. The summed E-state index contributed by atoms with van der Waals surface area (Å²) in [5, 5.41) is 9.93. The molecule has 0 spiro atoms. The Morgan fingerprint density at radius 3 is 2.37 bits per heavy atom. The van der Waals surface area contributed by atoms with Crippen molar-refractivity contribution in [1.29, 1.82) is 0 Å². The Labute approximate surface area is 158 Å². The predicted molar refractivity (Wildman–Crippen MR) is 106 cm³/mol. The van der Waals surface area contributed by atoms with E-state index in [4.69, 9.17) is 0 Å². The van der Waals surface area contributed by atoms with E-state index in [1.54, 1.807) is 10.6 Å². The highest BCUT2D eigenvalue weighted by Crippen LogP contribution is 2.24. The number of rotatable bonds is 3. The SMILES string of the molecule is Cc1cccc(C=C2CCN(c3cnc(-n4c(C)ccc4O)nc3)CC2)n1. The van der Waals surface area contributed by atoms with Crippen LogP contribution in [-0.2, 0) is 0 Å². The molecule has 4 heterocycles. The van der Waals surface area contributed by atoms with Gasteiger partial charge in [0.2, 0.25) is 5.95 Å². The Balaban J connectivity index is 1.44. The zero-order chi connectivity index (χ0) is 18.8. The molecule has 0 bridgehead atoms. The molecule has 0 aliphatic carbocycles. The Kier molecular flexibility index (Phi) is 4.62. The third-order valence-electron chi connectivity index (χ3n) is 4.91. The van der Waals surface area contributed by atoms with Crippen LogP contribution in [0.15, 0.2) is 48.3 Å². The molecule has 138 valence electrons. The van der Waals surface area contributed by atoms with Gasteiger partial charge in [0.05, 0.1) is 23.8 Å². The molecular weight excluding hydrogens is 338 g/mol. The minimum Gasteiger partial charge on any atom is -0.494 e. The van der Waals surface area contributed by atoms with Crippen LogP contribution in [0.4, 0.5) is 5.69 Å². The molecule has 4 rings (SSSR count). The van der Waals surface area contributed by atoms with Crippen molar-refractivity contribution in [2.45, 2.75) is 26.7 Å². The maximum absolute atomic E-state index is 9.93. The first-order chi connectivity index (χ1) is 13.1. The van der Waals surface area contributed by atoms with Gasteiger partial charge in [-0.05, 0) is 51.0 Å². The highest BCUT2D eigenvalue weighted by Gasteiger charge is 2.16. The summed E-state index contributed by atoms with van der Waals surface area (Å²) in [7, 11) is 0. The number of hydrogen-bond donors (Lipinski definition) is 1. The van der Waals surface area contributed by atoms with Crippen LogP contribution in [0.3, 0.4) is 0 Å². The van der Waals surface area contributed by atoms with E-state index in [0.29, 0.717) is 5.95 Å². The van der Waals surface area contributed by atoms with E-state index in [-0.39, 0.29) is 5.88 Å². The van der Waals surface area contributed by atoms with Crippen molar-refractivity contribution in [1.82, 2.24) is 19.5 Å². The summed E-state index contributed by atoms with van der Waals surface area (Å²) in [6, 6.07) is 9.61. The molecule has 3 aromatic heterocycles. The number of piperidine rings is 1. The normalized spacial score (nSPS) is 14.4. The topological polar surface area (TPSA) is 67.1 Å². The first-order valence-corrected chi connectivity index (χ1v) is 9.18. The molecule has 3 aromatic rings. The van der Waals surface area contributed by atoms with Gasteiger partial charge in [0, 0.05) is 30.5 Å². The lowest BCUT2D eigenvalue weighted by molar-refractivity contribution is 0.438. The molecule has 1 fully saturated rings. The molecular formula is C21H23N5O. The smallest absolute Gasteiger partial charge is 0.236 e. The van der Waals surface area contributed by atoms with Crippen molar-refractivity contribution >= 4 is 11.8 Å². The van der Waals surface area contributed by atoms with Crippen LogP contribution in [0.1, 0.15) is 29.9 Å². The Morgan fingerprint density at radius 1 is 1.00 bits per heavy atom. The zero-order valence-corrected chi connectivity index (χ0v) is 15.6. The molecule has 0 saturated carbocycles. The summed E-state index contributed by atoms with van der Waals surface area (Å²) >= 11 is 0. The third kappa shape index (κ3) is 3.69. The Morgan fingerprint density at radius 2 is 1.74 bits per heavy atom. The van der Waals surface area contributed by atoms with E-state index >= 15 is 0 Å². The molecule has 27 heavy (non-hydrogen) atoms. The van der Waals surface area contributed by atoms with Gasteiger partial charge in [-0.1, -0.05) is 11.6 Å². The van der Waals surface area contributed by atoms with Crippen molar-refractivity contribution in [2.24, 2.45) is 0 Å². The second-order valence-corrected chi connectivity index (χ2v) is 6.90. The second-order valence-electron chi connectivity index (χ2n) is 6.90. The number of pyridine rings is 1. The van der Waals surface area contributed by atoms with Crippen molar-refractivity contribution in [3.8, 4) is 11.8 Å². The van der Waals surface area contributed by atoms with E-state index in [1.807, 2.05) is 44.4 Å². The molecule has 0 atom stereocenters. The molecule has 1 aliphatic heterocycles. The van der Waals surface area contributed by atoms with Crippen LogP contribution < -0.4 is 4.90 Å². The number of aromatic hydroxyl groups is 1. The van der Waals surface area contributed by atoms with Gasteiger partial charge in [0.1, 0.15) is 0 Å². The Hall–Kier alpha value is -3.15. The highest BCUT2D eigenvalue weighted by atomic mass is 16.3. The number of nitrogens with zero attached hydrogens (tertiary/aromatic N) is 5. The third-order valence-corrected chi connectivity index (χ3v) is 4.91. The number of aromatic nitrogens is 4. The number of hydrogen-bond acceptors (Lipinski definition) is 5. The van der Waals surface area contributed by atoms with Crippen molar-refractivity contribution < 1.29 is 5.11 Å². The largest absolute Gasteiger partial charge is 0.494 e. The van der Waals surface area contributed by atoms with E-state index < -0.39 is 0 Å². The van der Waals surface area contributed by atoms with Crippen LogP contribution >= 0.6 is 0 Å². The van der Waals surface area contributed by atoms with Crippen LogP contribution in [0, 0.1) is 13.8 Å². The molecule has 0 aromatic carbocycles. The maximum Gasteiger partial charge on any atom is 0.236 e. The molecule has 1 saturated heterocycles. The summed E-state index contributed by atoms with van der Waals surface area (Å²) in [4.78, 5) is 15.7. The fraction of sp³-hybridized carbons (Fsp3) is 0.286. The quantitative estimate of drug-likeness (QED) is 0.771. The minimum absolute atomic E-state index is 0.151. The highest BCUT2D eigenvalue weighted by molar-refractivity contribution is 5.52. The first kappa shape index (κ1) is 17.3. The fourth-order valence-electron chi connectivity index (χ4n) is 3.43. The van der Waals surface area contributed by atoms with E-state index in [0.717, 1.165) is 48.7 Å². The Bertz CT molecular complexity index is 945. The van der Waals surface area contributed by atoms with Crippen LogP contribution in [0.25, 0.3) is 12.0 Å². The van der Waals surface area contributed by atoms with Gasteiger partial charge in [-0.25, -0.2) is 9.97 Å². The lowest BCUT2D eigenvalue weighted by Gasteiger charge is -2.30. The molecule has 6 heteroatoms. The van der Waals surface area contributed by atoms with Gasteiger partial charge in [-0.2, -0.15) is 0 Å². The van der Waals surface area contributed by atoms with Gasteiger partial charge in [0.25, 0.3) is 0 Å². The van der Waals surface area contributed by atoms with Gasteiger partial charge in [0.15, 0.2) is 5.88 Å². The van der Waals surface area contributed by atoms with Gasteiger partial charge in [-0.3, -0.25) is 9.55 Å². The number of anilines is 1. The van der Waals surface area contributed by atoms with Crippen LogP contribution in [-0.4, -0.2) is 37.7 Å².